The highest BCUT2D eigenvalue weighted by Crippen LogP contribution is 2.57. The molecule has 2 aromatic carbocycles. The highest BCUT2D eigenvalue weighted by molar-refractivity contribution is 8.03. The molecule has 130 valence electrons. The number of halogens is 1. The second-order valence-electron chi connectivity index (χ2n) is 6.61. The van der Waals surface area contributed by atoms with Crippen LogP contribution in [0.5, 0.6) is 5.75 Å². The molecule has 3 atom stereocenters. The van der Waals surface area contributed by atoms with Crippen LogP contribution in [0.4, 0.5) is 0 Å². The summed E-state index contributed by atoms with van der Waals surface area (Å²) in [5.41, 5.74) is 1.45. The number of hydrogen-bond acceptors (Lipinski definition) is 4. The zero-order valence-electron chi connectivity index (χ0n) is 13.9. The van der Waals surface area contributed by atoms with Gasteiger partial charge in [0.05, 0.1) is 10.6 Å². The molecule has 0 aliphatic carbocycles. The van der Waals surface area contributed by atoms with Crippen LogP contribution in [0.2, 0.25) is 5.02 Å². The van der Waals surface area contributed by atoms with Crippen LogP contribution in [0, 0.1) is 5.92 Å². The molecule has 2 aliphatic heterocycles. The standard InChI is InChI=1S/C21H15ClO3S/c1-11-9-15-18(12-5-3-2-4-6-12)25-19-17(23)14-10-13(22)7-8-16(14)24-20(19)21(15)26-11/h2-10,15,18,21H,1H3/t15-,18+,21-/m1/s1. The lowest BCUT2D eigenvalue weighted by Crippen LogP contribution is -2.29. The molecule has 5 rings (SSSR count). The van der Waals surface area contributed by atoms with Gasteiger partial charge in [0.25, 0.3) is 0 Å². The maximum absolute atomic E-state index is 13.1. The van der Waals surface area contributed by atoms with E-state index >= 15 is 0 Å². The molecule has 1 aromatic heterocycles. The van der Waals surface area contributed by atoms with Crippen molar-refractivity contribution in [1.82, 2.24) is 0 Å². The average molecular weight is 383 g/mol. The Hall–Kier alpha value is -2.17. The summed E-state index contributed by atoms with van der Waals surface area (Å²) >= 11 is 7.81. The van der Waals surface area contributed by atoms with Crippen LogP contribution in [0.3, 0.4) is 0 Å². The van der Waals surface area contributed by atoms with Crippen LogP contribution < -0.4 is 10.2 Å². The normalized spacial score (nSPS) is 23.9. The van der Waals surface area contributed by atoms with E-state index in [1.54, 1.807) is 30.0 Å². The topological polar surface area (TPSA) is 39.4 Å². The van der Waals surface area contributed by atoms with Gasteiger partial charge in [-0.25, -0.2) is 0 Å². The fourth-order valence-corrected chi connectivity index (χ4v) is 5.21. The molecule has 0 bridgehead atoms. The smallest absolute Gasteiger partial charge is 0.234 e. The van der Waals surface area contributed by atoms with Gasteiger partial charge in [-0.2, -0.15) is 0 Å². The Morgan fingerprint density at radius 2 is 1.92 bits per heavy atom. The first-order valence-corrected chi connectivity index (χ1v) is 9.70. The fraction of sp³-hybridized carbons (Fsp3) is 0.190. The van der Waals surface area contributed by atoms with Crippen LogP contribution in [0.25, 0.3) is 11.0 Å². The summed E-state index contributed by atoms with van der Waals surface area (Å²) in [5, 5.41) is 0.997. The molecule has 5 heteroatoms. The van der Waals surface area contributed by atoms with Gasteiger partial charge < -0.3 is 9.15 Å². The van der Waals surface area contributed by atoms with Gasteiger partial charge in [-0.1, -0.05) is 48.0 Å². The highest BCUT2D eigenvalue weighted by atomic mass is 35.5. The number of fused-ring (bicyclic) bond motifs is 4. The summed E-state index contributed by atoms with van der Waals surface area (Å²) < 4.78 is 12.4. The molecule has 3 aromatic rings. The lowest BCUT2D eigenvalue weighted by molar-refractivity contribution is 0.122. The molecule has 26 heavy (non-hydrogen) atoms. The van der Waals surface area contributed by atoms with E-state index in [0.717, 1.165) is 5.56 Å². The predicted octanol–water partition coefficient (Wildman–Crippen LogP) is 5.89. The summed E-state index contributed by atoms with van der Waals surface area (Å²) in [6.45, 7) is 2.09. The zero-order valence-corrected chi connectivity index (χ0v) is 15.5. The van der Waals surface area contributed by atoms with Gasteiger partial charge in [0.2, 0.25) is 11.2 Å². The number of rotatable bonds is 1. The number of hydrogen-bond donors (Lipinski definition) is 0. The summed E-state index contributed by atoms with van der Waals surface area (Å²) in [6, 6.07) is 15.2. The van der Waals surface area contributed by atoms with Crippen LogP contribution >= 0.6 is 23.4 Å². The van der Waals surface area contributed by atoms with Gasteiger partial charge >= 0.3 is 0 Å². The second kappa shape index (κ2) is 5.93. The van der Waals surface area contributed by atoms with Gasteiger partial charge in [-0.05, 0) is 35.6 Å². The van der Waals surface area contributed by atoms with Crippen LogP contribution in [-0.2, 0) is 0 Å². The number of ether oxygens (including phenoxy) is 1. The van der Waals surface area contributed by atoms with Gasteiger partial charge in [0.15, 0.2) is 5.76 Å². The van der Waals surface area contributed by atoms with E-state index in [4.69, 9.17) is 20.8 Å². The Labute approximate surface area is 159 Å². The zero-order chi connectivity index (χ0) is 17.8. The molecule has 0 fully saturated rings. The Kier molecular flexibility index (Phi) is 3.66. The molecular weight excluding hydrogens is 368 g/mol. The van der Waals surface area contributed by atoms with Crippen molar-refractivity contribution in [2.45, 2.75) is 18.3 Å². The lowest BCUT2D eigenvalue weighted by Gasteiger charge is -2.33. The SMILES string of the molecule is CC1=C[C@@H]2[C@H](c3ccccc3)Oc3c(oc4ccc(Cl)cc4c3=O)[C@@H]2S1. The predicted molar refractivity (Wildman–Crippen MR) is 105 cm³/mol. The summed E-state index contributed by atoms with van der Waals surface area (Å²) in [7, 11) is 0. The number of thioether (sulfide) groups is 1. The summed E-state index contributed by atoms with van der Waals surface area (Å²) in [5.74, 6) is 1.06. The van der Waals surface area contributed by atoms with Crippen molar-refractivity contribution in [3.05, 3.63) is 86.1 Å². The highest BCUT2D eigenvalue weighted by Gasteiger charge is 2.44. The Balaban J connectivity index is 1.74. The monoisotopic (exact) mass is 382 g/mol. The molecular formula is C21H15ClO3S. The van der Waals surface area contributed by atoms with E-state index in [9.17, 15) is 4.79 Å². The van der Waals surface area contributed by atoms with Crippen molar-refractivity contribution in [3.8, 4) is 5.75 Å². The molecule has 2 aliphatic rings. The van der Waals surface area contributed by atoms with Crippen molar-refractivity contribution in [2.24, 2.45) is 5.92 Å². The molecule has 3 nitrogen and oxygen atoms in total. The quantitative estimate of drug-likeness (QED) is 0.526. The van der Waals surface area contributed by atoms with Gasteiger partial charge in [0.1, 0.15) is 11.7 Å². The Morgan fingerprint density at radius 1 is 1.12 bits per heavy atom. The van der Waals surface area contributed by atoms with Crippen LogP contribution in [0.1, 0.15) is 29.6 Å². The minimum atomic E-state index is -0.210. The molecule has 0 amide bonds. The van der Waals surface area contributed by atoms with Crippen molar-refractivity contribution >= 4 is 34.3 Å². The van der Waals surface area contributed by atoms with E-state index in [1.165, 1.54) is 4.91 Å². The first kappa shape index (κ1) is 16.0. The van der Waals surface area contributed by atoms with Crippen molar-refractivity contribution in [3.63, 3.8) is 0 Å². The number of benzene rings is 2. The van der Waals surface area contributed by atoms with E-state index in [0.29, 0.717) is 27.5 Å². The Morgan fingerprint density at radius 3 is 2.73 bits per heavy atom. The van der Waals surface area contributed by atoms with Crippen LogP contribution in [0.15, 0.2) is 68.7 Å². The van der Waals surface area contributed by atoms with E-state index in [-0.39, 0.29) is 22.7 Å². The van der Waals surface area contributed by atoms with E-state index in [1.807, 2.05) is 30.3 Å². The van der Waals surface area contributed by atoms with Crippen molar-refractivity contribution < 1.29 is 9.15 Å². The molecule has 0 saturated heterocycles. The van der Waals surface area contributed by atoms with E-state index in [2.05, 4.69) is 13.0 Å². The molecule has 0 spiro atoms. The largest absolute Gasteiger partial charge is 0.478 e. The molecule has 0 saturated carbocycles. The summed E-state index contributed by atoms with van der Waals surface area (Å²) in [6.07, 6.45) is 2.01. The molecule has 0 radical (unpaired) electrons. The first-order chi connectivity index (χ1) is 12.6. The third kappa shape index (κ3) is 2.40. The van der Waals surface area contributed by atoms with Crippen molar-refractivity contribution in [1.29, 1.82) is 0 Å². The second-order valence-corrected chi connectivity index (χ2v) is 8.43. The maximum atomic E-state index is 13.1. The summed E-state index contributed by atoms with van der Waals surface area (Å²) in [4.78, 5) is 14.3. The third-order valence-electron chi connectivity index (χ3n) is 4.91. The van der Waals surface area contributed by atoms with E-state index < -0.39 is 0 Å². The van der Waals surface area contributed by atoms with Crippen molar-refractivity contribution in [2.75, 3.05) is 0 Å². The first-order valence-electron chi connectivity index (χ1n) is 8.45. The number of allylic oxidation sites excluding steroid dienone is 1. The molecule has 3 heterocycles. The maximum Gasteiger partial charge on any atom is 0.234 e. The minimum Gasteiger partial charge on any atom is -0.478 e. The minimum absolute atomic E-state index is 0.0386. The van der Waals surface area contributed by atoms with Gasteiger partial charge in [0, 0.05) is 10.9 Å². The Bertz CT molecular complexity index is 1100. The third-order valence-corrected chi connectivity index (χ3v) is 6.43. The lowest BCUT2D eigenvalue weighted by atomic mass is 9.88. The average Bonchev–Trinajstić information content (AvgIpc) is 3.04. The van der Waals surface area contributed by atoms with Crippen LogP contribution in [-0.4, -0.2) is 0 Å². The fourth-order valence-electron chi connectivity index (χ4n) is 3.76. The molecule has 0 unspecified atom stereocenters. The molecule has 0 N–H and O–H groups in total. The van der Waals surface area contributed by atoms with Gasteiger partial charge in [-0.15, -0.1) is 11.8 Å². The van der Waals surface area contributed by atoms with Gasteiger partial charge in [-0.3, -0.25) is 4.79 Å².